The summed E-state index contributed by atoms with van der Waals surface area (Å²) in [5.41, 5.74) is 0.881. The Hall–Kier alpha value is -1.08. The first-order valence-electron chi connectivity index (χ1n) is 6.54. The first-order valence-corrected chi connectivity index (χ1v) is 8.22. The molecule has 4 nitrogen and oxygen atoms in total. The van der Waals surface area contributed by atoms with Crippen molar-refractivity contribution in [2.24, 2.45) is 0 Å². The molecular weight excluding hydrogens is 354 g/mol. The van der Waals surface area contributed by atoms with Crippen LogP contribution >= 0.6 is 27.3 Å². The number of halogens is 1. The van der Waals surface area contributed by atoms with Crippen molar-refractivity contribution in [2.45, 2.75) is 12.7 Å². The van der Waals surface area contributed by atoms with E-state index in [0.717, 1.165) is 20.8 Å². The van der Waals surface area contributed by atoms with Gasteiger partial charge in [0.25, 0.3) is 0 Å². The summed E-state index contributed by atoms with van der Waals surface area (Å²) in [5, 5.41) is 15.1. The van der Waals surface area contributed by atoms with Crippen molar-refractivity contribution in [2.75, 3.05) is 25.6 Å². The van der Waals surface area contributed by atoms with Gasteiger partial charge in [-0.15, -0.1) is 11.3 Å². The summed E-state index contributed by atoms with van der Waals surface area (Å²) in [6.45, 7) is 1.25. The van der Waals surface area contributed by atoms with Gasteiger partial charge < -0.3 is 19.9 Å². The van der Waals surface area contributed by atoms with E-state index in [4.69, 9.17) is 9.47 Å². The molecule has 2 rings (SSSR count). The fourth-order valence-electron chi connectivity index (χ4n) is 1.74. The SMILES string of the molecule is COc1ccc(Br)c(NCC(O)COCc2cccs2)c1. The fourth-order valence-corrected chi connectivity index (χ4v) is 2.77. The number of benzene rings is 1. The smallest absolute Gasteiger partial charge is 0.121 e. The van der Waals surface area contributed by atoms with Crippen LogP contribution in [0.15, 0.2) is 40.2 Å². The number of aliphatic hydroxyl groups is 1. The molecule has 1 aromatic heterocycles. The van der Waals surface area contributed by atoms with Gasteiger partial charge in [0.2, 0.25) is 0 Å². The summed E-state index contributed by atoms with van der Waals surface area (Å²) in [5.74, 6) is 0.768. The van der Waals surface area contributed by atoms with Crippen molar-refractivity contribution >= 4 is 33.0 Å². The Kier molecular flexibility index (Phi) is 6.50. The Morgan fingerprint density at radius 2 is 2.24 bits per heavy atom. The van der Waals surface area contributed by atoms with Crippen molar-refractivity contribution in [3.8, 4) is 5.75 Å². The van der Waals surface area contributed by atoms with Crippen molar-refractivity contribution < 1.29 is 14.6 Å². The third-order valence-corrected chi connectivity index (χ3v) is 4.38. The van der Waals surface area contributed by atoms with Crippen LogP contribution in [-0.2, 0) is 11.3 Å². The zero-order valence-corrected chi connectivity index (χ0v) is 14.1. The lowest BCUT2D eigenvalue weighted by Crippen LogP contribution is -2.24. The van der Waals surface area contributed by atoms with E-state index in [0.29, 0.717) is 19.8 Å². The van der Waals surface area contributed by atoms with Gasteiger partial charge in [0, 0.05) is 22.0 Å². The minimum atomic E-state index is -0.567. The topological polar surface area (TPSA) is 50.7 Å². The first kappa shape index (κ1) is 16.3. The number of ether oxygens (including phenoxy) is 2. The summed E-state index contributed by atoms with van der Waals surface area (Å²) in [6, 6.07) is 9.66. The Bertz CT molecular complexity index is 548. The quantitative estimate of drug-likeness (QED) is 0.745. The Labute approximate surface area is 136 Å². The molecule has 114 valence electrons. The van der Waals surface area contributed by atoms with E-state index in [1.165, 1.54) is 0 Å². The summed E-state index contributed by atoms with van der Waals surface area (Å²) < 4.78 is 11.6. The van der Waals surface area contributed by atoms with E-state index in [2.05, 4.69) is 21.2 Å². The van der Waals surface area contributed by atoms with Gasteiger partial charge in [-0.1, -0.05) is 6.07 Å². The van der Waals surface area contributed by atoms with Crippen LogP contribution in [0.4, 0.5) is 5.69 Å². The number of rotatable bonds is 8. The molecule has 1 aromatic carbocycles. The highest BCUT2D eigenvalue weighted by atomic mass is 79.9. The average molecular weight is 372 g/mol. The lowest BCUT2D eigenvalue weighted by atomic mass is 10.3. The standard InChI is InChI=1S/C15H18BrNO3S/c1-19-12-4-5-14(16)15(7-12)17-8-11(18)9-20-10-13-3-2-6-21-13/h2-7,11,17-18H,8-10H2,1H3. The molecule has 1 unspecified atom stereocenters. The summed E-state index contributed by atoms with van der Waals surface area (Å²) in [7, 11) is 1.63. The van der Waals surface area contributed by atoms with E-state index < -0.39 is 6.10 Å². The molecule has 21 heavy (non-hydrogen) atoms. The van der Waals surface area contributed by atoms with Gasteiger partial charge in [-0.05, 0) is 39.5 Å². The van der Waals surface area contributed by atoms with E-state index >= 15 is 0 Å². The highest BCUT2D eigenvalue weighted by Gasteiger charge is 2.07. The van der Waals surface area contributed by atoms with E-state index in [9.17, 15) is 5.11 Å². The van der Waals surface area contributed by atoms with Gasteiger partial charge >= 0.3 is 0 Å². The lowest BCUT2D eigenvalue weighted by Gasteiger charge is -2.14. The second-order valence-corrected chi connectivity index (χ2v) is 6.36. The molecule has 0 bridgehead atoms. The van der Waals surface area contributed by atoms with Crippen LogP contribution in [0.5, 0.6) is 5.75 Å². The highest BCUT2D eigenvalue weighted by Crippen LogP contribution is 2.26. The number of nitrogens with one attached hydrogen (secondary N) is 1. The van der Waals surface area contributed by atoms with Crippen LogP contribution in [0.25, 0.3) is 0 Å². The van der Waals surface area contributed by atoms with Gasteiger partial charge in [0.15, 0.2) is 0 Å². The summed E-state index contributed by atoms with van der Waals surface area (Å²) in [4.78, 5) is 1.16. The summed E-state index contributed by atoms with van der Waals surface area (Å²) in [6.07, 6.45) is -0.567. The van der Waals surface area contributed by atoms with Crippen LogP contribution in [0, 0.1) is 0 Å². The second kappa shape index (κ2) is 8.38. The maximum Gasteiger partial charge on any atom is 0.121 e. The first-order chi connectivity index (χ1) is 10.2. The van der Waals surface area contributed by atoms with E-state index in [1.807, 2.05) is 35.7 Å². The molecule has 0 saturated carbocycles. The number of thiophene rings is 1. The molecule has 1 atom stereocenters. The molecule has 2 N–H and O–H groups in total. The largest absolute Gasteiger partial charge is 0.497 e. The van der Waals surface area contributed by atoms with Crippen LogP contribution in [0.1, 0.15) is 4.88 Å². The van der Waals surface area contributed by atoms with Crippen molar-refractivity contribution in [1.29, 1.82) is 0 Å². The van der Waals surface area contributed by atoms with Gasteiger partial charge in [-0.25, -0.2) is 0 Å². The number of hydrogen-bond donors (Lipinski definition) is 2. The molecule has 0 aliphatic carbocycles. The van der Waals surface area contributed by atoms with Gasteiger partial charge in [0.05, 0.1) is 32.1 Å². The van der Waals surface area contributed by atoms with Gasteiger partial charge in [-0.3, -0.25) is 0 Å². The number of methoxy groups -OCH3 is 1. The van der Waals surface area contributed by atoms with E-state index in [1.54, 1.807) is 18.4 Å². The molecular formula is C15H18BrNO3S. The summed E-state index contributed by atoms with van der Waals surface area (Å²) >= 11 is 5.11. The molecule has 6 heteroatoms. The normalized spacial score (nSPS) is 12.1. The number of anilines is 1. The molecule has 0 amide bonds. The van der Waals surface area contributed by atoms with Crippen LogP contribution in [0.2, 0.25) is 0 Å². The van der Waals surface area contributed by atoms with Crippen molar-refractivity contribution in [1.82, 2.24) is 0 Å². The van der Waals surface area contributed by atoms with Crippen LogP contribution < -0.4 is 10.1 Å². The Morgan fingerprint density at radius 3 is 2.95 bits per heavy atom. The third kappa shape index (κ3) is 5.32. The molecule has 1 heterocycles. The lowest BCUT2D eigenvalue weighted by molar-refractivity contribution is 0.0359. The predicted molar refractivity (Wildman–Crippen MR) is 89.2 cm³/mol. The molecule has 0 fully saturated rings. The molecule has 0 radical (unpaired) electrons. The number of aliphatic hydroxyl groups excluding tert-OH is 1. The van der Waals surface area contributed by atoms with Crippen molar-refractivity contribution in [3.63, 3.8) is 0 Å². The molecule has 2 aromatic rings. The average Bonchev–Trinajstić information content (AvgIpc) is 3.00. The fraction of sp³-hybridized carbons (Fsp3) is 0.333. The van der Waals surface area contributed by atoms with Crippen LogP contribution in [0.3, 0.4) is 0 Å². The van der Waals surface area contributed by atoms with E-state index in [-0.39, 0.29) is 0 Å². The third-order valence-electron chi connectivity index (χ3n) is 2.84. The minimum absolute atomic E-state index is 0.298. The zero-order valence-electron chi connectivity index (χ0n) is 11.7. The monoisotopic (exact) mass is 371 g/mol. The predicted octanol–water partition coefficient (Wildman–Crippen LogP) is 3.51. The Balaban J connectivity index is 1.74. The maximum atomic E-state index is 9.93. The maximum absolute atomic E-state index is 9.93. The molecule has 0 aliphatic rings. The zero-order chi connectivity index (χ0) is 15.1. The van der Waals surface area contributed by atoms with Crippen molar-refractivity contribution in [3.05, 3.63) is 45.1 Å². The number of hydrogen-bond acceptors (Lipinski definition) is 5. The molecule has 0 spiro atoms. The van der Waals surface area contributed by atoms with Gasteiger partial charge in [-0.2, -0.15) is 0 Å². The minimum Gasteiger partial charge on any atom is -0.497 e. The highest BCUT2D eigenvalue weighted by molar-refractivity contribution is 9.10. The van der Waals surface area contributed by atoms with Crippen LogP contribution in [-0.4, -0.2) is 31.5 Å². The molecule has 0 aliphatic heterocycles. The second-order valence-electron chi connectivity index (χ2n) is 4.47. The molecule has 0 saturated heterocycles. The van der Waals surface area contributed by atoms with Gasteiger partial charge in [0.1, 0.15) is 5.75 Å². The Morgan fingerprint density at radius 1 is 1.38 bits per heavy atom.